The zero-order chi connectivity index (χ0) is 15.9. The molecule has 0 radical (unpaired) electrons. The van der Waals surface area contributed by atoms with Crippen LogP contribution in [0.5, 0.6) is 5.75 Å². The smallest absolute Gasteiger partial charge is 0.201 e. The number of nitrogens with zero attached hydrogens (tertiary/aromatic N) is 2. The molecule has 2 aliphatic rings. The minimum Gasteiger partial charge on any atom is -0.495 e. The number of benzene rings is 2. The van der Waals surface area contributed by atoms with Crippen molar-refractivity contribution in [3.63, 3.8) is 0 Å². The number of ether oxygens (including phenoxy) is 1. The van der Waals surface area contributed by atoms with Gasteiger partial charge in [-0.25, -0.2) is 9.56 Å². The molecule has 1 aliphatic carbocycles. The van der Waals surface area contributed by atoms with Gasteiger partial charge in [0.05, 0.1) is 33.6 Å². The molecular weight excluding hydrogens is 294 g/mol. The van der Waals surface area contributed by atoms with Crippen LogP contribution in [0.4, 0.5) is 5.69 Å². The lowest BCUT2D eigenvalue weighted by Crippen LogP contribution is -2.22. The van der Waals surface area contributed by atoms with Crippen molar-refractivity contribution in [3.8, 4) is 16.3 Å². The Morgan fingerprint density at radius 1 is 1.18 bits per heavy atom. The molecule has 1 aromatic rings. The second-order valence-corrected chi connectivity index (χ2v) is 6.57. The van der Waals surface area contributed by atoms with E-state index in [0.717, 1.165) is 27.3 Å². The van der Waals surface area contributed by atoms with Crippen molar-refractivity contribution in [2.75, 3.05) is 33.6 Å². The highest BCUT2D eigenvalue weighted by Crippen LogP contribution is 2.36. The van der Waals surface area contributed by atoms with Gasteiger partial charge in [-0.3, -0.25) is 0 Å². The molecule has 114 valence electrons. The Morgan fingerprint density at radius 2 is 1.95 bits per heavy atom. The molecule has 1 aliphatic heterocycles. The Kier molecular flexibility index (Phi) is 3.74. The molecule has 0 bridgehead atoms. The molecule has 5 heteroatoms. The minimum absolute atomic E-state index is 0.816. The molecule has 1 heterocycles. The lowest BCUT2D eigenvalue weighted by Gasteiger charge is -2.12. The Labute approximate surface area is 134 Å². The fourth-order valence-electron chi connectivity index (χ4n) is 2.53. The highest BCUT2D eigenvalue weighted by Gasteiger charge is 2.14. The average molecular weight is 314 g/mol. The van der Waals surface area contributed by atoms with Crippen molar-refractivity contribution < 1.29 is 4.74 Å². The summed E-state index contributed by atoms with van der Waals surface area (Å²) in [5.74, 6) is 0.816. The van der Waals surface area contributed by atoms with Crippen LogP contribution in [0.1, 0.15) is 5.56 Å². The van der Waals surface area contributed by atoms with Crippen LogP contribution >= 0.6 is 11.3 Å². The van der Waals surface area contributed by atoms with Crippen LogP contribution in [0.3, 0.4) is 0 Å². The predicted octanol–water partition coefficient (Wildman–Crippen LogP) is 2.79. The maximum absolute atomic E-state index is 5.43. The molecule has 1 N–H and O–H groups in total. The normalized spacial score (nSPS) is 11.0. The summed E-state index contributed by atoms with van der Waals surface area (Å²) in [6, 6.07) is 8.47. The van der Waals surface area contributed by atoms with Crippen molar-refractivity contribution in [1.82, 2.24) is 9.56 Å². The van der Waals surface area contributed by atoms with Gasteiger partial charge in [0.1, 0.15) is 19.8 Å². The SMILES string of the molecule is CNc1cc2sc3cc(=[N+](C)C)cc(C)c-3nc2cc1OC. The van der Waals surface area contributed by atoms with Crippen molar-refractivity contribution in [2.45, 2.75) is 6.92 Å². The first-order valence-electron chi connectivity index (χ1n) is 7.15. The van der Waals surface area contributed by atoms with E-state index in [4.69, 9.17) is 9.72 Å². The summed E-state index contributed by atoms with van der Waals surface area (Å²) in [6.07, 6.45) is 0. The summed E-state index contributed by atoms with van der Waals surface area (Å²) >= 11 is 1.76. The first-order valence-corrected chi connectivity index (χ1v) is 7.96. The van der Waals surface area contributed by atoms with Crippen LogP contribution < -0.4 is 20.0 Å². The van der Waals surface area contributed by atoms with Crippen molar-refractivity contribution in [3.05, 3.63) is 35.2 Å². The molecule has 0 spiro atoms. The van der Waals surface area contributed by atoms with Gasteiger partial charge in [0.25, 0.3) is 0 Å². The summed E-state index contributed by atoms with van der Waals surface area (Å²) in [5, 5.41) is 4.37. The highest BCUT2D eigenvalue weighted by atomic mass is 32.1. The number of fused-ring (bicyclic) bond motifs is 2. The van der Waals surface area contributed by atoms with Gasteiger partial charge in [0.15, 0.2) is 0 Å². The number of rotatable bonds is 2. The fraction of sp³-hybridized carbons (Fsp3) is 0.294. The third-order valence-corrected chi connectivity index (χ3v) is 4.85. The van der Waals surface area contributed by atoms with E-state index in [0.29, 0.717) is 0 Å². The first-order chi connectivity index (χ1) is 10.5. The number of hydrogen-bond donors (Lipinski definition) is 1. The van der Waals surface area contributed by atoms with Crippen LogP contribution in [-0.4, -0.2) is 33.2 Å². The average Bonchev–Trinajstić information content (AvgIpc) is 2.51. The Hall–Kier alpha value is -2.14. The van der Waals surface area contributed by atoms with E-state index in [2.05, 4.69) is 49.1 Å². The summed E-state index contributed by atoms with van der Waals surface area (Å²) in [7, 11) is 7.70. The van der Waals surface area contributed by atoms with Crippen LogP contribution in [0, 0.1) is 6.92 Å². The van der Waals surface area contributed by atoms with E-state index in [1.807, 2.05) is 13.1 Å². The van der Waals surface area contributed by atoms with Crippen molar-refractivity contribution in [2.24, 2.45) is 0 Å². The number of aromatic nitrogens is 1. The van der Waals surface area contributed by atoms with Gasteiger partial charge in [0, 0.05) is 25.2 Å². The van der Waals surface area contributed by atoms with Gasteiger partial charge >= 0.3 is 0 Å². The van der Waals surface area contributed by atoms with Gasteiger partial charge < -0.3 is 10.1 Å². The lowest BCUT2D eigenvalue weighted by atomic mass is 10.1. The molecule has 0 saturated carbocycles. The summed E-state index contributed by atoms with van der Waals surface area (Å²) in [5.41, 5.74) is 4.19. The maximum Gasteiger partial charge on any atom is 0.201 e. The second-order valence-electron chi connectivity index (χ2n) is 5.49. The zero-order valence-corrected chi connectivity index (χ0v) is 14.3. The molecule has 0 saturated heterocycles. The van der Waals surface area contributed by atoms with Crippen molar-refractivity contribution in [1.29, 1.82) is 0 Å². The topological polar surface area (TPSA) is 37.2 Å². The van der Waals surface area contributed by atoms with E-state index in [1.165, 1.54) is 15.8 Å². The zero-order valence-electron chi connectivity index (χ0n) is 13.5. The number of anilines is 1. The molecule has 4 nitrogen and oxygen atoms in total. The largest absolute Gasteiger partial charge is 0.495 e. The van der Waals surface area contributed by atoms with E-state index >= 15 is 0 Å². The number of nitrogens with one attached hydrogen (secondary N) is 1. The van der Waals surface area contributed by atoms with Gasteiger partial charge in [-0.1, -0.05) is 0 Å². The first kappa shape index (κ1) is 14.8. The van der Waals surface area contributed by atoms with Gasteiger partial charge in [0.2, 0.25) is 5.36 Å². The lowest BCUT2D eigenvalue weighted by molar-refractivity contribution is 0.417. The summed E-state index contributed by atoms with van der Waals surface area (Å²) in [4.78, 5) is 6.04. The highest BCUT2D eigenvalue weighted by molar-refractivity contribution is 7.21. The third-order valence-electron chi connectivity index (χ3n) is 3.77. The fourth-order valence-corrected chi connectivity index (χ4v) is 3.64. The van der Waals surface area contributed by atoms with Crippen molar-refractivity contribution >= 4 is 27.2 Å². The van der Waals surface area contributed by atoms with Crippen LogP contribution in [-0.2, 0) is 0 Å². The van der Waals surface area contributed by atoms with Crippen LogP contribution in [0.25, 0.3) is 20.8 Å². The van der Waals surface area contributed by atoms with Crippen LogP contribution in [0.15, 0.2) is 24.3 Å². The molecule has 0 fully saturated rings. The molecule has 3 rings (SSSR count). The Bertz CT molecular complexity index is 894. The summed E-state index contributed by atoms with van der Waals surface area (Å²) in [6.45, 7) is 2.11. The molecular formula is C17H20N3OS+. The van der Waals surface area contributed by atoms with E-state index in [1.54, 1.807) is 18.4 Å². The predicted molar refractivity (Wildman–Crippen MR) is 94.2 cm³/mol. The summed E-state index contributed by atoms with van der Waals surface area (Å²) < 4.78 is 8.70. The van der Waals surface area contributed by atoms with E-state index in [9.17, 15) is 0 Å². The Balaban J connectivity index is 2.39. The van der Waals surface area contributed by atoms with E-state index < -0.39 is 0 Å². The number of methoxy groups -OCH3 is 1. The Morgan fingerprint density at radius 3 is 2.59 bits per heavy atom. The molecule has 1 aromatic carbocycles. The molecule has 22 heavy (non-hydrogen) atoms. The van der Waals surface area contributed by atoms with Gasteiger partial charge in [-0.15, -0.1) is 11.3 Å². The monoisotopic (exact) mass is 314 g/mol. The molecule has 0 atom stereocenters. The quantitative estimate of drug-likeness (QED) is 0.584. The van der Waals surface area contributed by atoms with E-state index in [-0.39, 0.29) is 0 Å². The minimum atomic E-state index is 0.816. The number of hydrogen-bond acceptors (Lipinski definition) is 4. The molecule has 0 amide bonds. The molecule has 0 aromatic heterocycles. The maximum atomic E-state index is 5.43. The van der Waals surface area contributed by atoms with Gasteiger partial charge in [-0.05, 0) is 18.6 Å². The van der Waals surface area contributed by atoms with Gasteiger partial charge in [-0.2, -0.15) is 0 Å². The third kappa shape index (κ3) is 2.41. The number of aryl methyl sites for hydroxylation is 1. The molecule has 0 unspecified atom stereocenters. The standard InChI is InChI=1S/C17H19N3OS/c1-10-6-11(20(3)4)7-16-17(10)19-13-8-14(21-5)12(18-2)9-15(13)22-16/h6-9H,1-5H3/p+1. The van der Waals surface area contributed by atoms with Crippen LogP contribution in [0.2, 0.25) is 0 Å². The second kappa shape index (κ2) is 5.57.